The molecule has 5 heteroatoms. The Labute approximate surface area is 127 Å². The van der Waals surface area contributed by atoms with Crippen LogP contribution in [0, 0.1) is 12.7 Å². The van der Waals surface area contributed by atoms with Crippen molar-refractivity contribution in [3.63, 3.8) is 0 Å². The fraction of sp³-hybridized carbons (Fsp3) is 0.176. The van der Waals surface area contributed by atoms with Gasteiger partial charge in [-0.25, -0.2) is 9.37 Å². The van der Waals surface area contributed by atoms with Crippen LogP contribution in [-0.2, 0) is 17.8 Å². The lowest BCUT2D eigenvalue weighted by Gasteiger charge is -2.05. The molecule has 0 aliphatic rings. The predicted octanol–water partition coefficient (Wildman–Crippen LogP) is 2.87. The minimum Gasteiger partial charge on any atom is -0.352 e. The van der Waals surface area contributed by atoms with E-state index >= 15 is 0 Å². The van der Waals surface area contributed by atoms with E-state index in [9.17, 15) is 9.18 Å². The molecule has 3 aromatic rings. The van der Waals surface area contributed by atoms with E-state index in [-0.39, 0.29) is 11.7 Å². The number of carbonyl (C=O) groups is 1. The largest absolute Gasteiger partial charge is 0.352 e. The van der Waals surface area contributed by atoms with E-state index in [0.717, 1.165) is 28.0 Å². The number of aryl methyl sites for hydroxylation is 1. The van der Waals surface area contributed by atoms with Gasteiger partial charge in [-0.2, -0.15) is 0 Å². The maximum absolute atomic E-state index is 12.8. The summed E-state index contributed by atoms with van der Waals surface area (Å²) in [5, 5.41) is 2.83. The van der Waals surface area contributed by atoms with Crippen LogP contribution in [0.4, 0.5) is 4.39 Å². The van der Waals surface area contributed by atoms with Crippen molar-refractivity contribution in [3.8, 4) is 0 Å². The Morgan fingerprint density at radius 2 is 1.91 bits per heavy atom. The molecule has 112 valence electrons. The summed E-state index contributed by atoms with van der Waals surface area (Å²) in [6.07, 6.45) is 0.301. The molecule has 3 rings (SSSR count). The summed E-state index contributed by atoms with van der Waals surface area (Å²) >= 11 is 0. The van der Waals surface area contributed by atoms with Crippen molar-refractivity contribution in [1.82, 2.24) is 15.3 Å². The van der Waals surface area contributed by atoms with Gasteiger partial charge in [0, 0.05) is 6.54 Å². The van der Waals surface area contributed by atoms with Gasteiger partial charge < -0.3 is 10.3 Å². The molecule has 1 amide bonds. The number of nitrogens with one attached hydrogen (secondary N) is 2. The van der Waals surface area contributed by atoms with Crippen LogP contribution in [0.25, 0.3) is 11.0 Å². The standard InChI is InChI=1S/C17H16FN3O/c1-11-20-15-7-4-13(8-16(15)21-11)9-17(22)19-10-12-2-5-14(18)6-3-12/h2-8H,9-10H2,1H3,(H,19,22)(H,20,21). The van der Waals surface area contributed by atoms with E-state index in [0.29, 0.717) is 13.0 Å². The highest BCUT2D eigenvalue weighted by Gasteiger charge is 2.06. The third-order valence-corrected chi connectivity index (χ3v) is 3.43. The average molecular weight is 297 g/mol. The van der Waals surface area contributed by atoms with Crippen LogP contribution in [0.1, 0.15) is 17.0 Å². The second-order valence-corrected chi connectivity index (χ2v) is 5.25. The molecule has 0 aliphatic carbocycles. The summed E-state index contributed by atoms with van der Waals surface area (Å²) < 4.78 is 12.8. The zero-order valence-electron chi connectivity index (χ0n) is 12.2. The highest BCUT2D eigenvalue weighted by atomic mass is 19.1. The minimum absolute atomic E-state index is 0.0695. The molecule has 0 radical (unpaired) electrons. The van der Waals surface area contributed by atoms with Crippen LogP contribution in [0.5, 0.6) is 0 Å². The van der Waals surface area contributed by atoms with Crippen LogP contribution < -0.4 is 5.32 Å². The van der Waals surface area contributed by atoms with E-state index < -0.39 is 0 Å². The van der Waals surface area contributed by atoms with Crippen LogP contribution >= 0.6 is 0 Å². The predicted molar refractivity (Wildman–Crippen MR) is 82.8 cm³/mol. The number of fused-ring (bicyclic) bond motifs is 1. The number of aromatic nitrogens is 2. The van der Waals surface area contributed by atoms with Crippen LogP contribution in [-0.4, -0.2) is 15.9 Å². The van der Waals surface area contributed by atoms with Gasteiger partial charge in [0.2, 0.25) is 5.91 Å². The summed E-state index contributed by atoms with van der Waals surface area (Å²) in [4.78, 5) is 19.5. The zero-order chi connectivity index (χ0) is 15.5. The molecular weight excluding hydrogens is 281 g/mol. The highest BCUT2D eigenvalue weighted by Crippen LogP contribution is 2.14. The van der Waals surface area contributed by atoms with Crippen molar-refractivity contribution in [2.24, 2.45) is 0 Å². The fourth-order valence-corrected chi connectivity index (χ4v) is 2.35. The average Bonchev–Trinajstić information content (AvgIpc) is 2.86. The summed E-state index contributed by atoms with van der Waals surface area (Å²) in [5.41, 5.74) is 3.62. The molecule has 0 saturated carbocycles. The van der Waals surface area contributed by atoms with E-state index in [1.165, 1.54) is 12.1 Å². The Kier molecular flexibility index (Phi) is 3.87. The van der Waals surface area contributed by atoms with E-state index in [1.54, 1.807) is 12.1 Å². The zero-order valence-corrected chi connectivity index (χ0v) is 12.2. The first-order chi connectivity index (χ1) is 10.6. The summed E-state index contributed by atoms with van der Waals surface area (Å²) in [7, 11) is 0. The van der Waals surface area contributed by atoms with E-state index in [1.807, 2.05) is 25.1 Å². The van der Waals surface area contributed by atoms with Crippen molar-refractivity contribution in [3.05, 3.63) is 65.2 Å². The second-order valence-electron chi connectivity index (χ2n) is 5.25. The molecule has 1 aromatic heterocycles. The lowest BCUT2D eigenvalue weighted by molar-refractivity contribution is -0.120. The molecule has 1 heterocycles. The molecule has 4 nitrogen and oxygen atoms in total. The second kappa shape index (κ2) is 5.97. The topological polar surface area (TPSA) is 57.8 Å². The lowest BCUT2D eigenvalue weighted by Crippen LogP contribution is -2.24. The number of aromatic amines is 1. The van der Waals surface area contributed by atoms with Gasteiger partial charge in [0.1, 0.15) is 11.6 Å². The molecule has 22 heavy (non-hydrogen) atoms. The Bertz CT molecular complexity index is 808. The van der Waals surface area contributed by atoms with Gasteiger partial charge in [0.05, 0.1) is 17.5 Å². The maximum Gasteiger partial charge on any atom is 0.224 e. The molecule has 0 saturated heterocycles. The Morgan fingerprint density at radius 1 is 1.18 bits per heavy atom. The first kappa shape index (κ1) is 14.3. The van der Waals surface area contributed by atoms with Gasteiger partial charge in [-0.1, -0.05) is 18.2 Å². The van der Waals surface area contributed by atoms with E-state index in [2.05, 4.69) is 15.3 Å². The summed E-state index contributed by atoms with van der Waals surface area (Å²) in [6.45, 7) is 2.29. The third kappa shape index (κ3) is 3.31. The van der Waals surface area contributed by atoms with Crippen molar-refractivity contribution < 1.29 is 9.18 Å². The van der Waals surface area contributed by atoms with Crippen LogP contribution in [0.15, 0.2) is 42.5 Å². The number of hydrogen-bond donors (Lipinski definition) is 2. The van der Waals surface area contributed by atoms with Crippen molar-refractivity contribution >= 4 is 16.9 Å². The molecule has 0 unspecified atom stereocenters. The van der Waals surface area contributed by atoms with Gasteiger partial charge in [0.15, 0.2) is 0 Å². The van der Waals surface area contributed by atoms with Crippen LogP contribution in [0.3, 0.4) is 0 Å². The number of hydrogen-bond acceptors (Lipinski definition) is 2. The number of amides is 1. The van der Waals surface area contributed by atoms with Crippen LogP contribution in [0.2, 0.25) is 0 Å². The summed E-state index contributed by atoms with van der Waals surface area (Å²) in [5.74, 6) is 0.506. The highest BCUT2D eigenvalue weighted by molar-refractivity contribution is 5.81. The molecule has 0 aliphatic heterocycles. The van der Waals surface area contributed by atoms with Gasteiger partial charge in [0.25, 0.3) is 0 Å². The normalized spacial score (nSPS) is 10.8. The van der Waals surface area contributed by atoms with Crippen molar-refractivity contribution in [2.75, 3.05) is 0 Å². The summed E-state index contributed by atoms with van der Waals surface area (Å²) in [6, 6.07) is 11.8. The molecule has 0 atom stereocenters. The number of imidazole rings is 1. The third-order valence-electron chi connectivity index (χ3n) is 3.43. The molecule has 2 N–H and O–H groups in total. The number of benzene rings is 2. The molecular formula is C17H16FN3O. The van der Waals surface area contributed by atoms with Gasteiger partial charge in [-0.15, -0.1) is 0 Å². The number of halogens is 1. The molecule has 0 spiro atoms. The van der Waals surface area contributed by atoms with Crippen molar-refractivity contribution in [2.45, 2.75) is 19.9 Å². The molecule has 0 fully saturated rings. The van der Waals surface area contributed by atoms with Gasteiger partial charge in [-0.05, 0) is 42.3 Å². The minimum atomic E-state index is -0.279. The monoisotopic (exact) mass is 297 g/mol. The van der Waals surface area contributed by atoms with Gasteiger partial charge >= 0.3 is 0 Å². The number of nitrogens with zero attached hydrogens (tertiary/aromatic N) is 1. The van der Waals surface area contributed by atoms with E-state index in [4.69, 9.17) is 0 Å². The smallest absolute Gasteiger partial charge is 0.224 e. The van der Waals surface area contributed by atoms with Gasteiger partial charge in [-0.3, -0.25) is 4.79 Å². The fourth-order valence-electron chi connectivity index (χ4n) is 2.35. The lowest BCUT2D eigenvalue weighted by atomic mass is 10.1. The first-order valence-electron chi connectivity index (χ1n) is 7.06. The SMILES string of the molecule is Cc1nc2ccc(CC(=O)NCc3ccc(F)cc3)cc2[nH]1. The number of carbonyl (C=O) groups excluding carboxylic acids is 1. The van der Waals surface area contributed by atoms with Crippen molar-refractivity contribution in [1.29, 1.82) is 0 Å². The Morgan fingerprint density at radius 3 is 2.68 bits per heavy atom. The molecule has 2 aromatic carbocycles. The number of rotatable bonds is 4. The molecule has 0 bridgehead atoms. The quantitative estimate of drug-likeness (QED) is 0.778. The number of H-pyrrole nitrogens is 1. The Balaban J connectivity index is 1.61. The maximum atomic E-state index is 12.8. The Hall–Kier alpha value is -2.69. The first-order valence-corrected chi connectivity index (χ1v) is 7.06.